The summed E-state index contributed by atoms with van der Waals surface area (Å²) in [6, 6.07) is 9.80. The zero-order valence-corrected chi connectivity index (χ0v) is 19.6. The number of nitrogens with one attached hydrogen (secondary N) is 2. The molecule has 0 aliphatic rings. The highest BCUT2D eigenvalue weighted by Gasteiger charge is 2.19. The number of rotatable bonds is 16. The molecular formula is C25H38N2O5. The van der Waals surface area contributed by atoms with Crippen LogP contribution in [0.3, 0.4) is 0 Å². The molecule has 7 heteroatoms. The molecule has 2 atom stereocenters. The third-order valence-electron chi connectivity index (χ3n) is 5.28. The third kappa shape index (κ3) is 12.9. The number of esters is 1. The van der Waals surface area contributed by atoms with Gasteiger partial charge in [0.25, 0.3) is 0 Å². The zero-order chi connectivity index (χ0) is 23.8. The Morgan fingerprint density at radius 1 is 0.875 bits per heavy atom. The minimum absolute atomic E-state index is 0.0345. The molecule has 2 unspecified atom stereocenters. The van der Waals surface area contributed by atoms with Crippen LogP contribution in [0.2, 0.25) is 0 Å². The van der Waals surface area contributed by atoms with Crippen molar-refractivity contribution in [2.75, 3.05) is 7.11 Å². The summed E-state index contributed by atoms with van der Waals surface area (Å²) in [4.78, 5) is 46.5. The number of methoxy groups -OCH3 is 1. The summed E-state index contributed by atoms with van der Waals surface area (Å²) >= 11 is 0. The van der Waals surface area contributed by atoms with Gasteiger partial charge in [-0.2, -0.15) is 0 Å². The van der Waals surface area contributed by atoms with E-state index in [0.29, 0.717) is 25.2 Å². The first-order chi connectivity index (χ1) is 15.3. The maximum atomic E-state index is 12.3. The second-order valence-electron chi connectivity index (χ2n) is 8.55. The lowest BCUT2D eigenvalue weighted by atomic mass is 9.95. The van der Waals surface area contributed by atoms with Gasteiger partial charge >= 0.3 is 5.97 Å². The first-order valence-corrected chi connectivity index (χ1v) is 11.5. The fraction of sp³-hybridized carbons (Fsp3) is 0.600. The molecule has 2 N–H and O–H groups in total. The van der Waals surface area contributed by atoms with E-state index < -0.39 is 5.97 Å². The smallest absolute Gasteiger partial charge is 0.306 e. The van der Waals surface area contributed by atoms with E-state index in [0.717, 1.165) is 24.7 Å². The minimum atomic E-state index is -0.403. The highest BCUT2D eigenvalue weighted by Crippen LogP contribution is 2.15. The molecular weight excluding hydrogens is 408 g/mol. The molecule has 0 aliphatic carbocycles. The Morgan fingerprint density at radius 2 is 1.47 bits per heavy atom. The van der Waals surface area contributed by atoms with Crippen LogP contribution in [0.25, 0.3) is 0 Å². The van der Waals surface area contributed by atoms with Crippen molar-refractivity contribution in [1.29, 1.82) is 0 Å². The van der Waals surface area contributed by atoms with Gasteiger partial charge in [-0.15, -0.1) is 0 Å². The molecule has 1 rings (SSSR count). The lowest BCUT2D eigenvalue weighted by Gasteiger charge is -2.24. The Labute approximate surface area is 191 Å². The van der Waals surface area contributed by atoms with Crippen molar-refractivity contribution in [2.45, 2.75) is 83.7 Å². The summed E-state index contributed by atoms with van der Waals surface area (Å²) < 4.78 is 4.60. The average molecular weight is 447 g/mol. The maximum Gasteiger partial charge on any atom is 0.306 e. The molecule has 0 aliphatic heterocycles. The summed E-state index contributed by atoms with van der Waals surface area (Å²) in [6.45, 7) is 4.28. The first-order valence-electron chi connectivity index (χ1n) is 11.5. The van der Waals surface area contributed by atoms with Crippen LogP contribution in [0.15, 0.2) is 30.3 Å². The van der Waals surface area contributed by atoms with E-state index >= 15 is 0 Å². The molecule has 0 bridgehead atoms. The van der Waals surface area contributed by atoms with Crippen LogP contribution in [-0.2, 0) is 30.3 Å². The van der Waals surface area contributed by atoms with Gasteiger partial charge in [0.15, 0.2) is 0 Å². The Hall–Kier alpha value is -2.70. The number of amides is 2. The third-order valence-corrected chi connectivity index (χ3v) is 5.28. The van der Waals surface area contributed by atoms with E-state index in [1.54, 1.807) is 0 Å². The standard InChI is InChI=1S/C25H38N2O5/c1-19(2)11-12-21(26-24(30)15-16-25(31)32-3)13-14-22(27-23(29)10-7-17-28)18-20-8-5-4-6-9-20/h4-6,8-9,17,19,21-22H,7,10-16,18H2,1-3H3,(H,26,30)(H,27,29). The number of hydrogen-bond donors (Lipinski definition) is 2. The van der Waals surface area contributed by atoms with E-state index in [-0.39, 0.29) is 49.6 Å². The number of hydrogen-bond acceptors (Lipinski definition) is 5. The number of ether oxygens (including phenoxy) is 1. The zero-order valence-electron chi connectivity index (χ0n) is 19.6. The quantitative estimate of drug-likeness (QED) is 0.300. The minimum Gasteiger partial charge on any atom is -0.469 e. The van der Waals surface area contributed by atoms with Gasteiger partial charge in [-0.25, -0.2) is 0 Å². The van der Waals surface area contributed by atoms with Crippen molar-refractivity contribution >= 4 is 24.1 Å². The van der Waals surface area contributed by atoms with Crippen LogP contribution in [-0.4, -0.2) is 43.3 Å². The van der Waals surface area contributed by atoms with Gasteiger partial charge < -0.3 is 20.2 Å². The number of carbonyl (C=O) groups excluding carboxylic acids is 4. The van der Waals surface area contributed by atoms with E-state index in [4.69, 9.17) is 0 Å². The Morgan fingerprint density at radius 3 is 2.09 bits per heavy atom. The van der Waals surface area contributed by atoms with Gasteiger partial charge in [0, 0.05) is 31.3 Å². The number of aldehydes is 1. The molecule has 32 heavy (non-hydrogen) atoms. The maximum absolute atomic E-state index is 12.3. The van der Waals surface area contributed by atoms with Crippen molar-refractivity contribution in [3.63, 3.8) is 0 Å². The largest absolute Gasteiger partial charge is 0.469 e. The Bertz CT molecular complexity index is 706. The van der Waals surface area contributed by atoms with Crippen LogP contribution in [0.1, 0.15) is 70.8 Å². The van der Waals surface area contributed by atoms with Gasteiger partial charge in [-0.05, 0) is 43.6 Å². The van der Waals surface area contributed by atoms with Gasteiger partial charge in [0.1, 0.15) is 6.29 Å². The molecule has 0 saturated heterocycles. The van der Waals surface area contributed by atoms with E-state index in [1.807, 2.05) is 30.3 Å². The molecule has 7 nitrogen and oxygen atoms in total. The lowest BCUT2D eigenvalue weighted by molar-refractivity contribution is -0.142. The van der Waals surface area contributed by atoms with Crippen molar-refractivity contribution in [3.05, 3.63) is 35.9 Å². The molecule has 0 saturated carbocycles. The van der Waals surface area contributed by atoms with Gasteiger partial charge in [0.2, 0.25) is 11.8 Å². The Kier molecular flexibility index (Phi) is 13.7. The molecule has 0 heterocycles. The van der Waals surface area contributed by atoms with Gasteiger partial charge in [-0.3, -0.25) is 14.4 Å². The highest BCUT2D eigenvalue weighted by atomic mass is 16.5. The molecule has 2 amide bonds. The molecule has 0 aromatic heterocycles. The van der Waals surface area contributed by atoms with Crippen molar-refractivity contribution in [2.24, 2.45) is 5.92 Å². The molecule has 0 radical (unpaired) electrons. The van der Waals surface area contributed by atoms with Crippen LogP contribution < -0.4 is 10.6 Å². The summed E-state index contributed by atoms with van der Waals surface area (Å²) in [7, 11) is 1.31. The first kappa shape index (κ1) is 27.3. The summed E-state index contributed by atoms with van der Waals surface area (Å²) in [5, 5.41) is 6.10. The predicted molar refractivity (Wildman–Crippen MR) is 124 cm³/mol. The number of carbonyl (C=O) groups is 4. The Balaban J connectivity index is 2.74. The van der Waals surface area contributed by atoms with Gasteiger partial charge in [0.05, 0.1) is 13.5 Å². The SMILES string of the molecule is COC(=O)CCC(=O)NC(CCC(C)C)CCC(Cc1ccccc1)NC(=O)CCC=O. The van der Waals surface area contributed by atoms with Crippen LogP contribution >= 0.6 is 0 Å². The topological polar surface area (TPSA) is 102 Å². The summed E-state index contributed by atoms with van der Waals surface area (Å²) in [6.07, 6.45) is 5.18. The number of benzene rings is 1. The normalized spacial score (nSPS) is 12.6. The van der Waals surface area contributed by atoms with Crippen molar-refractivity contribution in [3.8, 4) is 0 Å². The highest BCUT2D eigenvalue weighted by molar-refractivity contribution is 5.81. The monoisotopic (exact) mass is 446 g/mol. The summed E-state index contributed by atoms with van der Waals surface area (Å²) in [5.74, 6) is -0.204. The molecule has 0 fully saturated rings. The second kappa shape index (κ2) is 16.0. The summed E-state index contributed by atoms with van der Waals surface area (Å²) in [5.41, 5.74) is 1.12. The van der Waals surface area contributed by atoms with Crippen molar-refractivity contribution in [1.82, 2.24) is 10.6 Å². The lowest BCUT2D eigenvalue weighted by Crippen LogP contribution is -2.40. The molecule has 0 spiro atoms. The van der Waals surface area contributed by atoms with E-state index in [2.05, 4.69) is 29.2 Å². The van der Waals surface area contributed by atoms with E-state index in [1.165, 1.54) is 7.11 Å². The molecule has 178 valence electrons. The van der Waals surface area contributed by atoms with Crippen LogP contribution in [0.5, 0.6) is 0 Å². The van der Waals surface area contributed by atoms with Crippen molar-refractivity contribution < 1.29 is 23.9 Å². The predicted octanol–water partition coefficient (Wildman–Crippen LogP) is 3.35. The van der Waals surface area contributed by atoms with Crippen LogP contribution in [0, 0.1) is 5.92 Å². The molecule has 1 aromatic carbocycles. The van der Waals surface area contributed by atoms with E-state index in [9.17, 15) is 19.2 Å². The fourth-order valence-electron chi connectivity index (χ4n) is 3.46. The molecule has 1 aromatic rings. The average Bonchev–Trinajstić information content (AvgIpc) is 2.78. The van der Waals surface area contributed by atoms with Gasteiger partial charge in [-0.1, -0.05) is 44.2 Å². The second-order valence-corrected chi connectivity index (χ2v) is 8.55. The van der Waals surface area contributed by atoms with Crippen LogP contribution in [0.4, 0.5) is 0 Å². The fourth-order valence-corrected chi connectivity index (χ4v) is 3.46.